The van der Waals surface area contributed by atoms with Gasteiger partial charge in [0.05, 0.1) is 31.6 Å². The molecule has 0 radical (unpaired) electrons. The van der Waals surface area contributed by atoms with Crippen LogP contribution in [0.3, 0.4) is 0 Å². The zero-order chi connectivity index (χ0) is 21.6. The summed E-state index contributed by atoms with van der Waals surface area (Å²) in [5.41, 5.74) is 1.00. The number of fused-ring (bicyclic) bond motifs is 1. The minimum Gasteiger partial charge on any atom is -0.490 e. The van der Waals surface area contributed by atoms with E-state index in [9.17, 15) is 4.79 Å². The van der Waals surface area contributed by atoms with Gasteiger partial charge in [-0.15, -0.1) is 16.4 Å². The molecule has 1 aromatic carbocycles. The summed E-state index contributed by atoms with van der Waals surface area (Å²) in [5, 5.41) is 17.6. The van der Waals surface area contributed by atoms with Crippen LogP contribution in [0.25, 0.3) is 0 Å². The van der Waals surface area contributed by atoms with Gasteiger partial charge in [-0.3, -0.25) is 4.79 Å². The Morgan fingerprint density at radius 3 is 2.87 bits per heavy atom. The highest BCUT2D eigenvalue weighted by Gasteiger charge is 2.22. The van der Waals surface area contributed by atoms with Crippen LogP contribution < -0.4 is 14.8 Å². The molecule has 2 aromatic heterocycles. The lowest BCUT2D eigenvalue weighted by Gasteiger charge is -2.23. The van der Waals surface area contributed by atoms with Crippen LogP contribution in [0.2, 0.25) is 0 Å². The van der Waals surface area contributed by atoms with Crippen LogP contribution in [0.15, 0.2) is 40.9 Å². The summed E-state index contributed by atoms with van der Waals surface area (Å²) >= 11 is 2.98. The first-order valence-electron chi connectivity index (χ1n) is 10.2. The lowest BCUT2D eigenvalue weighted by atomic mass is 9.95. The Morgan fingerprint density at radius 2 is 2.10 bits per heavy atom. The summed E-state index contributed by atoms with van der Waals surface area (Å²) in [7, 11) is 0. The molecule has 0 bridgehead atoms. The zero-order valence-corrected chi connectivity index (χ0v) is 19.1. The van der Waals surface area contributed by atoms with E-state index in [0.29, 0.717) is 24.9 Å². The summed E-state index contributed by atoms with van der Waals surface area (Å²) in [6.45, 7) is 6.05. The fraction of sp³-hybridized carbons (Fsp3) is 0.429. The smallest absolute Gasteiger partial charge is 0.230 e. The molecule has 8 nitrogen and oxygen atoms in total. The van der Waals surface area contributed by atoms with Crippen molar-refractivity contribution in [1.29, 1.82) is 0 Å². The predicted octanol–water partition coefficient (Wildman–Crippen LogP) is 3.55. The molecule has 31 heavy (non-hydrogen) atoms. The Labute approximate surface area is 189 Å². The van der Waals surface area contributed by atoms with E-state index in [4.69, 9.17) is 9.47 Å². The molecule has 10 heteroatoms. The number of hydrogen-bond donors (Lipinski definition) is 1. The topological polar surface area (TPSA) is 91.2 Å². The number of ether oxygens (including phenoxy) is 2. The molecule has 3 aromatic rings. The van der Waals surface area contributed by atoms with Crippen molar-refractivity contribution in [2.45, 2.75) is 38.0 Å². The number of carbonyl (C=O) groups excluding carboxylic acids is 1. The number of benzene rings is 1. The lowest BCUT2D eigenvalue weighted by molar-refractivity contribution is -0.119. The van der Waals surface area contributed by atoms with E-state index in [1.807, 2.05) is 35.7 Å². The van der Waals surface area contributed by atoms with Gasteiger partial charge in [-0.1, -0.05) is 37.7 Å². The van der Waals surface area contributed by atoms with Crippen molar-refractivity contribution in [2.24, 2.45) is 5.92 Å². The van der Waals surface area contributed by atoms with Crippen LogP contribution in [-0.4, -0.2) is 45.1 Å². The quantitative estimate of drug-likeness (QED) is 0.515. The Bertz CT molecular complexity index is 1010. The Morgan fingerprint density at radius 1 is 1.26 bits per heavy atom. The van der Waals surface area contributed by atoms with Gasteiger partial charge in [0.2, 0.25) is 11.1 Å². The van der Waals surface area contributed by atoms with Crippen LogP contribution in [0.5, 0.6) is 11.5 Å². The maximum atomic E-state index is 12.7. The summed E-state index contributed by atoms with van der Waals surface area (Å²) in [5.74, 6) is 1.86. The minimum absolute atomic E-state index is 0.0681. The molecule has 0 saturated carbocycles. The van der Waals surface area contributed by atoms with E-state index in [1.54, 1.807) is 16.0 Å². The van der Waals surface area contributed by atoms with Gasteiger partial charge >= 0.3 is 0 Å². The number of thioether (sulfide) groups is 1. The second-order valence-corrected chi connectivity index (χ2v) is 9.51. The number of tetrazole rings is 1. The molecule has 4 rings (SSSR count). The number of thiophene rings is 1. The number of hydrogen-bond acceptors (Lipinski definition) is 8. The van der Waals surface area contributed by atoms with Crippen molar-refractivity contribution >= 4 is 29.0 Å². The maximum absolute atomic E-state index is 12.7. The molecule has 1 amide bonds. The number of nitrogens with zero attached hydrogens (tertiary/aromatic N) is 4. The van der Waals surface area contributed by atoms with Crippen LogP contribution in [0.1, 0.15) is 36.8 Å². The third-order valence-electron chi connectivity index (χ3n) is 4.83. The SMILES string of the molecule is CC(C)[C@@H](NC(=O)CSc1nnnn1Cc1cccs1)c1ccc2c(c1)OCCCO2. The lowest BCUT2D eigenvalue weighted by Crippen LogP contribution is -2.33. The largest absolute Gasteiger partial charge is 0.490 e. The van der Waals surface area contributed by atoms with Crippen LogP contribution >= 0.6 is 23.1 Å². The highest BCUT2D eigenvalue weighted by atomic mass is 32.2. The molecule has 1 aliphatic rings. The second kappa shape index (κ2) is 10.1. The average molecular weight is 460 g/mol. The van der Waals surface area contributed by atoms with Gasteiger partial charge in [-0.25, -0.2) is 4.68 Å². The van der Waals surface area contributed by atoms with Crippen molar-refractivity contribution in [3.8, 4) is 11.5 Å². The van der Waals surface area contributed by atoms with Crippen molar-refractivity contribution < 1.29 is 14.3 Å². The number of nitrogens with one attached hydrogen (secondary N) is 1. The summed E-state index contributed by atoms with van der Waals surface area (Å²) in [6, 6.07) is 9.79. The third kappa shape index (κ3) is 5.56. The molecule has 0 aliphatic carbocycles. The highest BCUT2D eigenvalue weighted by Crippen LogP contribution is 2.34. The van der Waals surface area contributed by atoms with Gasteiger partial charge in [0.25, 0.3) is 0 Å². The molecular weight excluding hydrogens is 434 g/mol. The molecule has 0 fully saturated rings. The molecular formula is C21H25N5O3S2. The fourth-order valence-corrected chi connectivity index (χ4v) is 4.68. The molecule has 1 aliphatic heterocycles. The fourth-order valence-electron chi connectivity index (χ4n) is 3.30. The van der Waals surface area contributed by atoms with Crippen molar-refractivity contribution in [3.05, 3.63) is 46.2 Å². The molecule has 1 atom stereocenters. The van der Waals surface area contributed by atoms with E-state index < -0.39 is 0 Å². The van der Waals surface area contributed by atoms with Gasteiger partial charge < -0.3 is 14.8 Å². The van der Waals surface area contributed by atoms with Crippen molar-refractivity contribution in [1.82, 2.24) is 25.5 Å². The Kier molecular flexibility index (Phi) is 7.08. The first kappa shape index (κ1) is 21.6. The Balaban J connectivity index is 1.39. The molecule has 1 N–H and O–H groups in total. The maximum Gasteiger partial charge on any atom is 0.230 e. The van der Waals surface area contributed by atoms with Gasteiger partial charge in [-0.05, 0) is 45.5 Å². The van der Waals surface area contributed by atoms with E-state index in [-0.39, 0.29) is 23.6 Å². The predicted molar refractivity (Wildman–Crippen MR) is 120 cm³/mol. The average Bonchev–Trinajstić information content (AvgIpc) is 3.37. The number of aromatic nitrogens is 4. The van der Waals surface area contributed by atoms with Gasteiger partial charge in [-0.2, -0.15) is 0 Å². The van der Waals surface area contributed by atoms with Crippen LogP contribution in [0, 0.1) is 5.92 Å². The van der Waals surface area contributed by atoms with Crippen LogP contribution in [-0.2, 0) is 11.3 Å². The number of carbonyl (C=O) groups is 1. The van der Waals surface area contributed by atoms with E-state index in [1.165, 1.54) is 11.8 Å². The van der Waals surface area contributed by atoms with Gasteiger partial charge in [0, 0.05) is 11.3 Å². The minimum atomic E-state index is -0.132. The van der Waals surface area contributed by atoms with E-state index in [0.717, 1.165) is 28.4 Å². The van der Waals surface area contributed by atoms with E-state index >= 15 is 0 Å². The summed E-state index contributed by atoms with van der Waals surface area (Å²) < 4.78 is 13.2. The second-order valence-electron chi connectivity index (χ2n) is 7.53. The molecule has 0 unspecified atom stereocenters. The van der Waals surface area contributed by atoms with Gasteiger partial charge in [0.15, 0.2) is 11.5 Å². The van der Waals surface area contributed by atoms with Crippen LogP contribution in [0.4, 0.5) is 0 Å². The molecule has 0 spiro atoms. The van der Waals surface area contributed by atoms with Gasteiger partial charge in [0.1, 0.15) is 0 Å². The standard InChI is InChI=1S/C21H25N5O3S2/c1-14(2)20(15-6-7-17-18(11-15)29-9-4-8-28-17)22-19(27)13-31-21-23-24-25-26(21)12-16-5-3-10-30-16/h3,5-7,10-11,14,20H,4,8-9,12-13H2,1-2H3,(H,22,27)/t20-/m1/s1. The van der Waals surface area contributed by atoms with E-state index in [2.05, 4.69) is 34.7 Å². The normalized spacial score (nSPS) is 14.3. The number of amides is 1. The first-order chi connectivity index (χ1) is 15.1. The summed E-state index contributed by atoms with van der Waals surface area (Å²) in [6.07, 6.45) is 0.859. The molecule has 3 heterocycles. The summed E-state index contributed by atoms with van der Waals surface area (Å²) in [4.78, 5) is 13.9. The van der Waals surface area contributed by atoms with Crippen molar-refractivity contribution in [3.63, 3.8) is 0 Å². The monoisotopic (exact) mass is 459 g/mol. The molecule has 0 saturated heterocycles. The Hall–Kier alpha value is -2.59. The number of rotatable bonds is 8. The first-order valence-corrected chi connectivity index (χ1v) is 12.1. The van der Waals surface area contributed by atoms with Crippen molar-refractivity contribution in [2.75, 3.05) is 19.0 Å². The molecule has 164 valence electrons. The highest BCUT2D eigenvalue weighted by molar-refractivity contribution is 7.99. The third-order valence-corrected chi connectivity index (χ3v) is 6.65. The zero-order valence-electron chi connectivity index (χ0n) is 17.5.